The molecule has 0 bridgehead atoms. The van der Waals surface area contributed by atoms with E-state index in [-0.39, 0.29) is 23.6 Å². The number of halogens is 2. The van der Waals surface area contributed by atoms with Crippen LogP contribution in [0.1, 0.15) is 48.0 Å². The summed E-state index contributed by atoms with van der Waals surface area (Å²) < 4.78 is 27.6. The van der Waals surface area contributed by atoms with E-state index in [0.717, 1.165) is 25.0 Å². The van der Waals surface area contributed by atoms with Crippen molar-refractivity contribution < 1.29 is 23.5 Å². The first-order valence-corrected chi connectivity index (χ1v) is 7.38. The largest absolute Gasteiger partial charge is 0.481 e. The molecule has 0 spiro atoms. The number of carbonyl (C=O) groups is 2. The van der Waals surface area contributed by atoms with E-state index in [1.807, 2.05) is 0 Å². The minimum absolute atomic E-state index is 0.0425. The van der Waals surface area contributed by atoms with E-state index in [9.17, 15) is 18.4 Å². The molecule has 1 aromatic rings. The number of piperidine rings is 1. The standard InChI is InChI=1S/C16H19F2NO3/c1-10-8-14(18)12(9-13(10)17)16(22)19-7-3-2-4-11(19)5-6-15(20)21/h8-9,11H,2-7H2,1H3,(H,20,21)/t11-/m0/s1. The summed E-state index contributed by atoms with van der Waals surface area (Å²) in [5.41, 5.74) is -0.138. The van der Waals surface area contributed by atoms with Crippen LogP contribution in [0.4, 0.5) is 8.78 Å². The molecule has 1 saturated heterocycles. The molecule has 1 aliphatic rings. The number of carbonyl (C=O) groups excluding carboxylic acids is 1. The van der Waals surface area contributed by atoms with Crippen molar-refractivity contribution in [3.63, 3.8) is 0 Å². The molecule has 1 atom stereocenters. The van der Waals surface area contributed by atoms with Gasteiger partial charge in [-0.3, -0.25) is 9.59 Å². The lowest BCUT2D eigenvalue weighted by Crippen LogP contribution is -2.44. The average molecular weight is 311 g/mol. The van der Waals surface area contributed by atoms with Crippen molar-refractivity contribution in [1.82, 2.24) is 4.90 Å². The van der Waals surface area contributed by atoms with Crippen LogP contribution >= 0.6 is 0 Å². The molecule has 0 aromatic heterocycles. The highest BCUT2D eigenvalue weighted by Crippen LogP contribution is 2.25. The van der Waals surface area contributed by atoms with Crippen molar-refractivity contribution in [1.29, 1.82) is 0 Å². The first kappa shape index (κ1) is 16.4. The maximum atomic E-state index is 14.0. The van der Waals surface area contributed by atoms with Crippen molar-refractivity contribution in [2.75, 3.05) is 6.54 Å². The Bertz CT molecular complexity index is 589. The van der Waals surface area contributed by atoms with Crippen LogP contribution in [0.2, 0.25) is 0 Å². The maximum Gasteiger partial charge on any atom is 0.303 e. The summed E-state index contributed by atoms with van der Waals surface area (Å²) in [4.78, 5) is 24.7. The molecule has 0 radical (unpaired) electrons. The molecule has 22 heavy (non-hydrogen) atoms. The fraction of sp³-hybridized carbons (Fsp3) is 0.500. The second-order valence-corrected chi connectivity index (χ2v) is 5.66. The zero-order valence-electron chi connectivity index (χ0n) is 12.4. The Morgan fingerprint density at radius 2 is 2.00 bits per heavy atom. The lowest BCUT2D eigenvalue weighted by molar-refractivity contribution is -0.137. The molecule has 1 aliphatic heterocycles. The number of aliphatic carboxylic acids is 1. The first-order valence-electron chi connectivity index (χ1n) is 7.38. The third kappa shape index (κ3) is 3.61. The van der Waals surface area contributed by atoms with Gasteiger partial charge in [-0.25, -0.2) is 8.78 Å². The molecule has 0 aliphatic carbocycles. The molecule has 1 amide bonds. The molecular formula is C16H19F2NO3. The van der Waals surface area contributed by atoms with Gasteiger partial charge in [0.1, 0.15) is 11.6 Å². The van der Waals surface area contributed by atoms with Crippen molar-refractivity contribution >= 4 is 11.9 Å². The van der Waals surface area contributed by atoms with Gasteiger partial charge in [0.05, 0.1) is 5.56 Å². The third-order valence-corrected chi connectivity index (χ3v) is 4.06. The average Bonchev–Trinajstić information content (AvgIpc) is 2.48. The molecule has 6 heteroatoms. The van der Waals surface area contributed by atoms with Crippen LogP contribution in [-0.2, 0) is 4.79 Å². The van der Waals surface area contributed by atoms with Gasteiger partial charge in [-0.15, -0.1) is 0 Å². The van der Waals surface area contributed by atoms with Crippen molar-refractivity contribution in [2.45, 2.75) is 45.1 Å². The first-order chi connectivity index (χ1) is 10.4. The zero-order chi connectivity index (χ0) is 16.3. The Labute approximate surface area is 127 Å². The SMILES string of the molecule is Cc1cc(F)c(C(=O)N2CCCC[C@H]2CCC(=O)O)cc1F. The summed E-state index contributed by atoms with van der Waals surface area (Å²) in [7, 11) is 0. The second-order valence-electron chi connectivity index (χ2n) is 5.66. The van der Waals surface area contributed by atoms with Gasteiger partial charge >= 0.3 is 5.97 Å². The van der Waals surface area contributed by atoms with Crippen LogP contribution in [-0.4, -0.2) is 34.5 Å². The topological polar surface area (TPSA) is 57.6 Å². The Morgan fingerprint density at radius 3 is 2.68 bits per heavy atom. The number of hydrogen-bond donors (Lipinski definition) is 1. The number of nitrogens with zero attached hydrogens (tertiary/aromatic N) is 1. The molecule has 4 nitrogen and oxygen atoms in total. The highest BCUT2D eigenvalue weighted by Gasteiger charge is 2.29. The van der Waals surface area contributed by atoms with E-state index < -0.39 is 23.5 Å². The number of hydrogen-bond acceptors (Lipinski definition) is 2. The van der Waals surface area contributed by atoms with E-state index >= 15 is 0 Å². The van der Waals surface area contributed by atoms with Crippen LogP contribution < -0.4 is 0 Å². The summed E-state index contributed by atoms with van der Waals surface area (Å²) in [5.74, 6) is -2.85. The van der Waals surface area contributed by atoms with Gasteiger partial charge in [0.15, 0.2) is 0 Å². The van der Waals surface area contributed by atoms with Crippen LogP contribution in [0.15, 0.2) is 12.1 Å². The van der Waals surface area contributed by atoms with Gasteiger partial charge < -0.3 is 10.0 Å². The maximum absolute atomic E-state index is 14.0. The van der Waals surface area contributed by atoms with Crippen LogP contribution in [0, 0.1) is 18.6 Å². The normalized spacial score (nSPS) is 18.3. The van der Waals surface area contributed by atoms with Crippen LogP contribution in [0.25, 0.3) is 0 Å². The summed E-state index contributed by atoms with van der Waals surface area (Å²) >= 11 is 0. The lowest BCUT2D eigenvalue weighted by Gasteiger charge is -2.35. The molecule has 0 saturated carbocycles. The van der Waals surface area contributed by atoms with E-state index in [0.29, 0.717) is 19.4 Å². The van der Waals surface area contributed by atoms with Crippen molar-refractivity contribution in [3.8, 4) is 0 Å². The molecule has 120 valence electrons. The minimum atomic E-state index is -0.925. The fourth-order valence-corrected chi connectivity index (χ4v) is 2.82. The van der Waals surface area contributed by atoms with Gasteiger partial charge in [0, 0.05) is 19.0 Å². The third-order valence-electron chi connectivity index (χ3n) is 4.06. The number of amides is 1. The molecular weight excluding hydrogens is 292 g/mol. The summed E-state index contributed by atoms with van der Waals surface area (Å²) in [6.45, 7) is 1.88. The van der Waals surface area contributed by atoms with E-state index in [2.05, 4.69) is 0 Å². The van der Waals surface area contributed by atoms with Gasteiger partial charge in [0.2, 0.25) is 0 Å². The predicted molar refractivity (Wildman–Crippen MR) is 76.6 cm³/mol. The zero-order valence-corrected chi connectivity index (χ0v) is 12.4. The summed E-state index contributed by atoms with van der Waals surface area (Å²) in [6.07, 6.45) is 2.66. The number of likely N-dealkylation sites (tertiary alicyclic amines) is 1. The Balaban J connectivity index is 2.21. The quantitative estimate of drug-likeness (QED) is 0.929. The van der Waals surface area contributed by atoms with Crippen molar-refractivity contribution in [3.05, 3.63) is 34.9 Å². The van der Waals surface area contributed by atoms with Gasteiger partial charge in [0.25, 0.3) is 5.91 Å². The smallest absolute Gasteiger partial charge is 0.303 e. The number of benzene rings is 1. The monoisotopic (exact) mass is 311 g/mol. The van der Waals surface area contributed by atoms with Crippen LogP contribution in [0.3, 0.4) is 0 Å². The van der Waals surface area contributed by atoms with E-state index in [1.165, 1.54) is 11.8 Å². The molecule has 1 fully saturated rings. The second kappa shape index (κ2) is 6.85. The number of aryl methyl sites for hydroxylation is 1. The Kier molecular flexibility index (Phi) is 5.11. The number of carboxylic acid groups (broad SMARTS) is 1. The highest BCUT2D eigenvalue weighted by atomic mass is 19.1. The molecule has 1 heterocycles. The molecule has 1 aromatic carbocycles. The molecule has 0 unspecified atom stereocenters. The molecule has 2 rings (SSSR count). The van der Waals surface area contributed by atoms with Gasteiger partial charge in [-0.05, 0) is 50.3 Å². The van der Waals surface area contributed by atoms with Crippen LogP contribution in [0.5, 0.6) is 0 Å². The predicted octanol–water partition coefficient (Wildman–Crippen LogP) is 3.13. The van der Waals surface area contributed by atoms with E-state index in [4.69, 9.17) is 5.11 Å². The number of carboxylic acids is 1. The van der Waals surface area contributed by atoms with E-state index in [1.54, 1.807) is 0 Å². The minimum Gasteiger partial charge on any atom is -0.481 e. The van der Waals surface area contributed by atoms with Crippen molar-refractivity contribution in [2.24, 2.45) is 0 Å². The summed E-state index contributed by atoms with van der Waals surface area (Å²) in [5, 5.41) is 8.78. The Hall–Kier alpha value is -1.98. The fourth-order valence-electron chi connectivity index (χ4n) is 2.82. The lowest BCUT2D eigenvalue weighted by atomic mass is 9.96. The summed E-state index contributed by atoms with van der Waals surface area (Å²) in [6, 6.07) is 1.70. The van der Waals surface area contributed by atoms with Gasteiger partial charge in [-0.2, -0.15) is 0 Å². The Morgan fingerprint density at radius 1 is 1.27 bits per heavy atom. The van der Waals surface area contributed by atoms with Gasteiger partial charge in [-0.1, -0.05) is 0 Å². The molecule has 1 N–H and O–H groups in total. The number of rotatable bonds is 4. The highest BCUT2D eigenvalue weighted by molar-refractivity contribution is 5.95.